The highest BCUT2D eigenvalue weighted by Gasteiger charge is 2.17. The molecule has 0 radical (unpaired) electrons. The summed E-state index contributed by atoms with van der Waals surface area (Å²) in [5.41, 5.74) is 8.25. The summed E-state index contributed by atoms with van der Waals surface area (Å²) in [4.78, 5) is 28.4. The third-order valence-electron chi connectivity index (χ3n) is 5.79. The summed E-state index contributed by atoms with van der Waals surface area (Å²) < 4.78 is 10.8. The first kappa shape index (κ1) is 22.7. The minimum Gasteiger partial charge on any atom is -0.466 e. The predicted molar refractivity (Wildman–Crippen MR) is 122 cm³/mol. The Morgan fingerprint density at radius 1 is 1.03 bits per heavy atom. The maximum atomic E-state index is 12.6. The molecule has 164 valence electrons. The van der Waals surface area contributed by atoms with Gasteiger partial charge < -0.3 is 9.15 Å². The van der Waals surface area contributed by atoms with Crippen molar-refractivity contribution in [1.82, 2.24) is 4.98 Å². The third kappa shape index (κ3) is 5.05. The van der Waals surface area contributed by atoms with Crippen LogP contribution in [0.5, 0.6) is 0 Å². The molecule has 0 saturated carbocycles. The number of furan rings is 1. The quantitative estimate of drug-likeness (QED) is 0.509. The molecule has 0 spiro atoms. The van der Waals surface area contributed by atoms with E-state index in [0.717, 1.165) is 5.76 Å². The van der Waals surface area contributed by atoms with Crippen molar-refractivity contribution in [3.8, 4) is 0 Å². The van der Waals surface area contributed by atoms with Crippen LogP contribution in [0.25, 0.3) is 0 Å². The van der Waals surface area contributed by atoms with Gasteiger partial charge in [0, 0.05) is 11.8 Å². The van der Waals surface area contributed by atoms with Gasteiger partial charge in [-0.15, -0.1) is 11.3 Å². The standard InChI is InChI=1S/C24H28N2O4S/c1-7-29-22(27)10-18-12-31-24(25-18)26-23(28)21-9-8-19(30-21)11-20-16(5)14(3)13(2)15(4)17(20)6/h8-9,12H,7,10-11H2,1-6H3,(H,25,26,28). The molecule has 2 heterocycles. The topological polar surface area (TPSA) is 81.4 Å². The normalized spacial score (nSPS) is 10.9. The molecule has 1 amide bonds. The smallest absolute Gasteiger partial charge is 0.311 e. The lowest BCUT2D eigenvalue weighted by atomic mass is 9.88. The first-order valence-corrected chi connectivity index (χ1v) is 11.1. The first-order chi connectivity index (χ1) is 14.7. The largest absolute Gasteiger partial charge is 0.466 e. The number of hydrogen-bond donors (Lipinski definition) is 1. The molecule has 7 heteroatoms. The number of thiazole rings is 1. The summed E-state index contributed by atoms with van der Waals surface area (Å²) in [7, 11) is 0. The van der Waals surface area contributed by atoms with Gasteiger partial charge >= 0.3 is 5.97 Å². The van der Waals surface area contributed by atoms with Gasteiger partial charge in [0.1, 0.15) is 5.76 Å². The van der Waals surface area contributed by atoms with Gasteiger partial charge in [0.25, 0.3) is 5.91 Å². The molecule has 0 aliphatic carbocycles. The maximum Gasteiger partial charge on any atom is 0.311 e. The fourth-order valence-corrected chi connectivity index (χ4v) is 4.28. The molecule has 1 N–H and O–H groups in total. The van der Waals surface area contributed by atoms with E-state index < -0.39 is 0 Å². The zero-order chi connectivity index (χ0) is 22.7. The highest BCUT2D eigenvalue weighted by Crippen LogP contribution is 2.28. The van der Waals surface area contributed by atoms with Crippen LogP contribution < -0.4 is 5.32 Å². The van der Waals surface area contributed by atoms with Crippen LogP contribution in [0.4, 0.5) is 5.13 Å². The number of hydrogen-bond acceptors (Lipinski definition) is 6. The number of aromatic nitrogens is 1. The molecule has 0 aliphatic rings. The molecule has 6 nitrogen and oxygen atoms in total. The average molecular weight is 441 g/mol. The predicted octanol–water partition coefficient (Wildman–Crippen LogP) is 5.23. The Labute approximate surface area is 186 Å². The van der Waals surface area contributed by atoms with E-state index in [0.29, 0.717) is 23.9 Å². The van der Waals surface area contributed by atoms with Crippen molar-refractivity contribution < 1.29 is 18.7 Å². The molecule has 3 aromatic rings. The fraction of sp³-hybridized carbons (Fsp3) is 0.375. The summed E-state index contributed by atoms with van der Waals surface area (Å²) in [6, 6.07) is 3.52. The van der Waals surface area contributed by atoms with Crippen LogP contribution in [0, 0.1) is 34.6 Å². The van der Waals surface area contributed by atoms with Crippen molar-refractivity contribution in [3.63, 3.8) is 0 Å². The molecular weight excluding hydrogens is 412 g/mol. The Balaban J connectivity index is 1.70. The summed E-state index contributed by atoms with van der Waals surface area (Å²) in [5, 5.41) is 4.88. The Hall–Kier alpha value is -2.93. The van der Waals surface area contributed by atoms with E-state index in [9.17, 15) is 9.59 Å². The molecule has 31 heavy (non-hydrogen) atoms. The van der Waals surface area contributed by atoms with E-state index in [2.05, 4.69) is 44.9 Å². The molecule has 0 fully saturated rings. The number of rotatable bonds is 7. The van der Waals surface area contributed by atoms with Gasteiger partial charge in [-0.25, -0.2) is 4.98 Å². The summed E-state index contributed by atoms with van der Waals surface area (Å²) in [6.07, 6.45) is 0.715. The van der Waals surface area contributed by atoms with Crippen LogP contribution in [-0.2, 0) is 22.4 Å². The van der Waals surface area contributed by atoms with Gasteiger partial charge in [0.05, 0.1) is 18.7 Å². The minimum atomic E-state index is -0.368. The van der Waals surface area contributed by atoms with Gasteiger partial charge in [-0.1, -0.05) is 0 Å². The molecule has 3 rings (SSSR count). The first-order valence-electron chi connectivity index (χ1n) is 10.3. The van der Waals surface area contributed by atoms with E-state index in [1.165, 1.54) is 44.7 Å². The second-order valence-electron chi connectivity index (χ2n) is 7.63. The zero-order valence-electron chi connectivity index (χ0n) is 18.8. The molecule has 0 unspecified atom stereocenters. The third-order valence-corrected chi connectivity index (χ3v) is 6.60. The van der Waals surface area contributed by atoms with Gasteiger partial charge in [-0.3, -0.25) is 14.9 Å². The lowest BCUT2D eigenvalue weighted by Gasteiger charge is -2.18. The number of anilines is 1. The van der Waals surface area contributed by atoms with Gasteiger partial charge in [0.15, 0.2) is 10.9 Å². The van der Waals surface area contributed by atoms with E-state index in [-0.39, 0.29) is 24.1 Å². The fourth-order valence-electron chi connectivity index (χ4n) is 3.58. The van der Waals surface area contributed by atoms with E-state index >= 15 is 0 Å². The number of nitrogens with one attached hydrogen (secondary N) is 1. The van der Waals surface area contributed by atoms with E-state index in [1.54, 1.807) is 18.4 Å². The number of carbonyl (C=O) groups is 2. The van der Waals surface area contributed by atoms with Crippen LogP contribution in [0.3, 0.4) is 0 Å². The highest BCUT2D eigenvalue weighted by atomic mass is 32.1. The molecule has 2 aromatic heterocycles. The summed E-state index contributed by atoms with van der Waals surface area (Å²) in [6.45, 7) is 12.8. The molecular formula is C24H28N2O4S. The second kappa shape index (κ2) is 9.47. The van der Waals surface area contributed by atoms with E-state index in [4.69, 9.17) is 9.15 Å². The van der Waals surface area contributed by atoms with Crippen LogP contribution in [0.2, 0.25) is 0 Å². The Kier molecular flexibility index (Phi) is 6.95. The molecule has 1 aromatic carbocycles. The summed E-state index contributed by atoms with van der Waals surface area (Å²) in [5.74, 6) is 0.260. The lowest BCUT2D eigenvalue weighted by molar-refractivity contribution is -0.142. The number of esters is 1. The van der Waals surface area contributed by atoms with Crippen LogP contribution in [0.1, 0.15) is 62.3 Å². The average Bonchev–Trinajstić information content (AvgIpc) is 3.38. The Bertz CT molecular complexity index is 1100. The Morgan fingerprint density at radius 3 is 2.32 bits per heavy atom. The zero-order valence-corrected chi connectivity index (χ0v) is 19.7. The van der Waals surface area contributed by atoms with Crippen molar-refractivity contribution in [2.45, 2.75) is 54.4 Å². The molecule has 0 saturated heterocycles. The van der Waals surface area contributed by atoms with Gasteiger partial charge in [0.2, 0.25) is 0 Å². The van der Waals surface area contributed by atoms with Crippen molar-refractivity contribution >= 4 is 28.3 Å². The van der Waals surface area contributed by atoms with Crippen LogP contribution in [0.15, 0.2) is 21.9 Å². The number of benzene rings is 1. The number of carbonyl (C=O) groups excluding carboxylic acids is 2. The number of nitrogens with zero attached hydrogens (tertiary/aromatic N) is 1. The van der Waals surface area contributed by atoms with Crippen molar-refractivity contribution in [2.24, 2.45) is 0 Å². The maximum absolute atomic E-state index is 12.6. The van der Waals surface area contributed by atoms with Crippen molar-refractivity contribution in [1.29, 1.82) is 0 Å². The SMILES string of the molecule is CCOC(=O)Cc1csc(NC(=O)c2ccc(Cc3c(C)c(C)c(C)c(C)c3C)o2)n1. The van der Waals surface area contributed by atoms with Crippen LogP contribution >= 0.6 is 11.3 Å². The van der Waals surface area contributed by atoms with Gasteiger partial charge in [-0.2, -0.15) is 0 Å². The highest BCUT2D eigenvalue weighted by molar-refractivity contribution is 7.14. The monoisotopic (exact) mass is 440 g/mol. The minimum absolute atomic E-state index is 0.0825. The van der Waals surface area contributed by atoms with E-state index in [1.807, 2.05) is 6.07 Å². The van der Waals surface area contributed by atoms with Crippen molar-refractivity contribution in [3.05, 3.63) is 68.1 Å². The second-order valence-corrected chi connectivity index (χ2v) is 8.48. The molecule has 0 bridgehead atoms. The van der Waals surface area contributed by atoms with Gasteiger partial charge in [-0.05, 0) is 87.1 Å². The number of ether oxygens (including phenoxy) is 1. The molecule has 0 atom stereocenters. The Morgan fingerprint density at radius 2 is 1.68 bits per heavy atom. The van der Waals surface area contributed by atoms with Crippen molar-refractivity contribution in [2.75, 3.05) is 11.9 Å². The number of amides is 1. The summed E-state index contributed by atoms with van der Waals surface area (Å²) >= 11 is 1.26. The lowest BCUT2D eigenvalue weighted by Crippen LogP contribution is -2.11. The molecule has 0 aliphatic heterocycles. The van der Waals surface area contributed by atoms with Crippen LogP contribution in [-0.4, -0.2) is 23.5 Å².